The van der Waals surface area contributed by atoms with Crippen molar-refractivity contribution in [2.75, 3.05) is 13.6 Å². The zero-order chi connectivity index (χ0) is 14.0. The van der Waals surface area contributed by atoms with Gasteiger partial charge in [-0.05, 0) is 46.5 Å². The van der Waals surface area contributed by atoms with Gasteiger partial charge >= 0.3 is 0 Å². The first-order valence-corrected chi connectivity index (χ1v) is 8.66. The largest absolute Gasteiger partial charge is 0.310 e. The van der Waals surface area contributed by atoms with Gasteiger partial charge in [-0.3, -0.25) is 0 Å². The lowest BCUT2D eigenvalue weighted by molar-refractivity contribution is 0.486. The third kappa shape index (κ3) is 3.56. The summed E-state index contributed by atoms with van der Waals surface area (Å²) in [5, 5.41) is 3.41. The average Bonchev–Trinajstić information content (AvgIpc) is 3.19. The van der Waals surface area contributed by atoms with Gasteiger partial charge in [-0.1, -0.05) is 13.0 Å². The molecule has 1 fully saturated rings. The molecule has 2 rings (SSSR count). The van der Waals surface area contributed by atoms with Crippen LogP contribution in [0.15, 0.2) is 27.6 Å². The molecule has 1 aromatic carbocycles. The van der Waals surface area contributed by atoms with Gasteiger partial charge in [-0.25, -0.2) is 12.7 Å². The Hall–Kier alpha value is -0.430. The van der Waals surface area contributed by atoms with E-state index in [1.54, 1.807) is 13.1 Å². The molecule has 0 amide bonds. The van der Waals surface area contributed by atoms with Gasteiger partial charge in [0.2, 0.25) is 10.0 Å². The van der Waals surface area contributed by atoms with Crippen molar-refractivity contribution in [1.29, 1.82) is 0 Å². The molecule has 0 bridgehead atoms. The molecule has 0 aliphatic heterocycles. The minimum Gasteiger partial charge on any atom is -0.310 e. The molecule has 0 aromatic heterocycles. The molecule has 0 saturated heterocycles. The maximum atomic E-state index is 12.3. The highest BCUT2D eigenvalue weighted by Gasteiger charge is 2.23. The zero-order valence-electron chi connectivity index (χ0n) is 11.2. The van der Waals surface area contributed by atoms with Crippen molar-refractivity contribution < 1.29 is 8.42 Å². The van der Waals surface area contributed by atoms with Crippen LogP contribution >= 0.6 is 15.9 Å². The quantitative estimate of drug-likeness (QED) is 0.859. The van der Waals surface area contributed by atoms with E-state index in [0.29, 0.717) is 22.0 Å². The SMILES string of the molecule is CCN(C)S(=O)(=O)c1ccc(CNC2CC2)cc1Br. The maximum absolute atomic E-state index is 12.3. The molecule has 4 nitrogen and oxygen atoms in total. The fraction of sp³-hybridized carbons (Fsp3) is 0.538. The fourth-order valence-corrected chi connectivity index (χ4v) is 4.01. The summed E-state index contributed by atoms with van der Waals surface area (Å²) in [4.78, 5) is 0.326. The van der Waals surface area contributed by atoms with Crippen molar-refractivity contribution in [3.8, 4) is 0 Å². The van der Waals surface area contributed by atoms with E-state index in [4.69, 9.17) is 0 Å². The summed E-state index contributed by atoms with van der Waals surface area (Å²) in [6.45, 7) is 3.06. The Bertz CT molecular complexity index is 556. The lowest BCUT2D eigenvalue weighted by atomic mass is 10.2. The van der Waals surface area contributed by atoms with Crippen LogP contribution in [-0.2, 0) is 16.6 Å². The molecule has 1 saturated carbocycles. The van der Waals surface area contributed by atoms with Crippen LogP contribution in [-0.4, -0.2) is 32.4 Å². The maximum Gasteiger partial charge on any atom is 0.243 e. The van der Waals surface area contributed by atoms with Crippen molar-refractivity contribution in [1.82, 2.24) is 9.62 Å². The third-order valence-electron chi connectivity index (χ3n) is 3.30. The Morgan fingerprint density at radius 2 is 2.11 bits per heavy atom. The van der Waals surface area contributed by atoms with E-state index in [-0.39, 0.29) is 0 Å². The number of rotatable bonds is 6. The van der Waals surface area contributed by atoms with Gasteiger partial charge in [0.15, 0.2) is 0 Å². The van der Waals surface area contributed by atoms with E-state index in [0.717, 1.165) is 12.1 Å². The second-order valence-electron chi connectivity index (χ2n) is 4.84. The van der Waals surface area contributed by atoms with Gasteiger partial charge in [0.1, 0.15) is 0 Å². The summed E-state index contributed by atoms with van der Waals surface area (Å²) >= 11 is 3.37. The monoisotopic (exact) mass is 346 g/mol. The first-order chi connectivity index (χ1) is 8.95. The molecule has 0 radical (unpaired) electrons. The van der Waals surface area contributed by atoms with Crippen LogP contribution in [0.5, 0.6) is 0 Å². The second kappa shape index (κ2) is 5.91. The Kier molecular flexibility index (Phi) is 4.66. The summed E-state index contributed by atoms with van der Waals surface area (Å²) < 4.78 is 26.5. The number of nitrogens with zero attached hydrogens (tertiary/aromatic N) is 1. The highest BCUT2D eigenvalue weighted by Crippen LogP contribution is 2.26. The molecule has 6 heteroatoms. The van der Waals surface area contributed by atoms with Crippen LogP contribution in [0.2, 0.25) is 0 Å². The molecular weight excluding hydrogens is 328 g/mol. The normalized spacial score (nSPS) is 16.0. The van der Waals surface area contributed by atoms with Gasteiger partial charge in [0.05, 0.1) is 4.90 Å². The zero-order valence-corrected chi connectivity index (χ0v) is 13.6. The number of hydrogen-bond donors (Lipinski definition) is 1. The first-order valence-electron chi connectivity index (χ1n) is 6.43. The third-order valence-corrected chi connectivity index (χ3v) is 6.21. The smallest absolute Gasteiger partial charge is 0.243 e. The molecule has 1 aliphatic carbocycles. The van der Waals surface area contributed by atoms with Crippen LogP contribution in [0.25, 0.3) is 0 Å². The Morgan fingerprint density at radius 1 is 1.42 bits per heavy atom. The lowest BCUT2D eigenvalue weighted by Crippen LogP contribution is -2.27. The fourth-order valence-electron chi connectivity index (χ4n) is 1.75. The van der Waals surface area contributed by atoms with Crippen molar-refractivity contribution in [3.63, 3.8) is 0 Å². The summed E-state index contributed by atoms with van der Waals surface area (Å²) in [6.07, 6.45) is 2.49. The van der Waals surface area contributed by atoms with E-state index in [2.05, 4.69) is 21.2 Å². The van der Waals surface area contributed by atoms with Crippen LogP contribution in [0, 0.1) is 0 Å². The topological polar surface area (TPSA) is 49.4 Å². The molecule has 19 heavy (non-hydrogen) atoms. The first kappa shape index (κ1) is 15.0. The molecule has 1 N–H and O–H groups in total. The van der Waals surface area contributed by atoms with E-state index >= 15 is 0 Å². The van der Waals surface area contributed by atoms with Gasteiger partial charge in [-0.2, -0.15) is 0 Å². The molecule has 1 aromatic rings. The Morgan fingerprint density at radius 3 is 2.63 bits per heavy atom. The molecule has 0 unspecified atom stereocenters. The second-order valence-corrected chi connectivity index (χ2v) is 7.71. The number of benzene rings is 1. The van der Waals surface area contributed by atoms with Crippen LogP contribution in [0.4, 0.5) is 0 Å². The Labute approximate surface area is 123 Å². The van der Waals surface area contributed by atoms with Gasteiger partial charge in [-0.15, -0.1) is 0 Å². The summed E-state index contributed by atoms with van der Waals surface area (Å²) in [7, 11) is -1.80. The Balaban J connectivity index is 2.18. The van der Waals surface area contributed by atoms with Gasteiger partial charge in [0, 0.05) is 30.7 Å². The lowest BCUT2D eigenvalue weighted by Gasteiger charge is -2.16. The highest BCUT2D eigenvalue weighted by atomic mass is 79.9. The van der Waals surface area contributed by atoms with Gasteiger partial charge < -0.3 is 5.32 Å². The summed E-state index contributed by atoms with van der Waals surface area (Å²) in [5.41, 5.74) is 1.09. The minimum atomic E-state index is -3.39. The van der Waals surface area contributed by atoms with E-state index < -0.39 is 10.0 Å². The van der Waals surface area contributed by atoms with Crippen molar-refractivity contribution in [2.45, 2.75) is 37.2 Å². The molecular formula is C13H19BrN2O2S. The van der Waals surface area contributed by atoms with Crippen molar-refractivity contribution in [2.24, 2.45) is 0 Å². The van der Waals surface area contributed by atoms with Crippen molar-refractivity contribution >= 4 is 26.0 Å². The number of nitrogens with one attached hydrogen (secondary N) is 1. The van der Waals surface area contributed by atoms with Crippen LogP contribution in [0.1, 0.15) is 25.3 Å². The average molecular weight is 347 g/mol. The van der Waals surface area contributed by atoms with E-state index in [1.165, 1.54) is 17.1 Å². The highest BCUT2D eigenvalue weighted by molar-refractivity contribution is 9.10. The van der Waals surface area contributed by atoms with Crippen LogP contribution in [0.3, 0.4) is 0 Å². The summed E-state index contributed by atoms with van der Waals surface area (Å²) in [6, 6.07) is 6.08. The van der Waals surface area contributed by atoms with E-state index in [9.17, 15) is 8.42 Å². The summed E-state index contributed by atoms with van der Waals surface area (Å²) in [5.74, 6) is 0. The van der Waals surface area contributed by atoms with Crippen LogP contribution < -0.4 is 5.32 Å². The minimum absolute atomic E-state index is 0.326. The predicted molar refractivity (Wildman–Crippen MR) is 79.5 cm³/mol. The molecule has 0 atom stereocenters. The molecule has 106 valence electrons. The molecule has 1 aliphatic rings. The van der Waals surface area contributed by atoms with E-state index in [1.807, 2.05) is 19.1 Å². The number of hydrogen-bond acceptors (Lipinski definition) is 3. The predicted octanol–water partition coefficient (Wildman–Crippen LogP) is 2.34. The number of halogens is 1. The van der Waals surface area contributed by atoms with Crippen molar-refractivity contribution in [3.05, 3.63) is 28.2 Å². The number of sulfonamides is 1. The van der Waals surface area contributed by atoms with Gasteiger partial charge in [0.25, 0.3) is 0 Å². The molecule has 0 heterocycles. The molecule has 0 spiro atoms. The standard InChI is InChI=1S/C13H19BrN2O2S/c1-3-16(2)19(17,18)13-7-4-10(8-12(13)14)9-15-11-5-6-11/h4,7-8,11,15H,3,5-6,9H2,1-2H3.